The van der Waals surface area contributed by atoms with Gasteiger partial charge in [-0.15, -0.1) is 0 Å². The molecule has 0 aromatic heterocycles. The van der Waals surface area contributed by atoms with Crippen molar-refractivity contribution >= 4 is 0 Å². The molecule has 104 valence electrons. The molecule has 0 aliphatic carbocycles. The molecule has 2 saturated heterocycles. The molecule has 0 N–H and O–H groups in total. The number of hydrogen-bond acceptors (Lipinski definition) is 4. The van der Waals surface area contributed by atoms with Crippen LogP contribution < -0.4 is 9.47 Å². The molecule has 0 bridgehead atoms. The largest absolute Gasteiger partial charge is 0.493 e. The van der Waals surface area contributed by atoms with E-state index in [1.54, 1.807) is 7.11 Å². The summed E-state index contributed by atoms with van der Waals surface area (Å²) in [6, 6.07) is 7.83. The number of likely N-dealkylation sites (tertiary alicyclic amines) is 1. The van der Waals surface area contributed by atoms with Gasteiger partial charge in [0, 0.05) is 26.2 Å². The zero-order valence-corrected chi connectivity index (χ0v) is 11.4. The maximum atomic E-state index is 5.97. The van der Waals surface area contributed by atoms with Crippen molar-refractivity contribution in [1.29, 1.82) is 0 Å². The lowest BCUT2D eigenvalue weighted by atomic mass is 10.0. The van der Waals surface area contributed by atoms with Crippen molar-refractivity contribution in [2.45, 2.75) is 12.5 Å². The van der Waals surface area contributed by atoms with Gasteiger partial charge < -0.3 is 14.2 Å². The number of benzene rings is 1. The molecule has 2 aliphatic rings. The Balaban J connectivity index is 1.45. The number of nitrogens with zero attached hydrogens (tertiary/aromatic N) is 1. The van der Waals surface area contributed by atoms with Crippen LogP contribution in [0.15, 0.2) is 24.3 Å². The molecule has 2 fully saturated rings. The van der Waals surface area contributed by atoms with Crippen LogP contribution in [0.25, 0.3) is 0 Å². The molecule has 0 radical (unpaired) electrons. The smallest absolute Gasteiger partial charge is 0.161 e. The molecule has 2 aliphatic heterocycles. The van der Waals surface area contributed by atoms with Crippen LogP contribution in [0.2, 0.25) is 0 Å². The summed E-state index contributed by atoms with van der Waals surface area (Å²) in [7, 11) is 1.68. The molecule has 0 saturated carbocycles. The summed E-state index contributed by atoms with van der Waals surface area (Å²) in [6.45, 7) is 5.02. The Hall–Kier alpha value is -1.26. The fourth-order valence-corrected chi connectivity index (χ4v) is 2.73. The van der Waals surface area contributed by atoms with Gasteiger partial charge in [-0.05, 0) is 24.5 Å². The number of ether oxygens (including phenoxy) is 3. The second kappa shape index (κ2) is 5.80. The highest BCUT2D eigenvalue weighted by atomic mass is 16.5. The first-order chi connectivity index (χ1) is 9.35. The van der Waals surface area contributed by atoms with E-state index in [-0.39, 0.29) is 0 Å². The summed E-state index contributed by atoms with van der Waals surface area (Å²) in [6.07, 6.45) is 1.49. The maximum Gasteiger partial charge on any atom is 0.161 e. The van der Waals surface area contributed by atoms with Crippen molar-refractivity contribution in [2.75, 3.05) is 40.0 Å². The lowest BCUT2D eigenvalue weighted by Crippen LogP contribution is -2.55. The molecule has 1 unspecified atom stereocenters. The van der Waals surface area contributed by atoms with Crippen LogP contribution in [0, 0.1) is 5.92 Å². The molecule has 19 heavy (non-hydrogen) atoms. The van der Waals surface area contributed by atoms with E-state index in [2.05, 4.69) is 4.90 Å². The highest BCUT2D eigenvalue weighted by Gasteiger charge is 2.31. The molecule has 2 heterocycles. The van der Waals surface area contributed by atoms with Crippen molar-refractivity contribution in [3.05, 3.63) is 24.3 Å². The normalized spacial score (nSPS) is 24.2. The highest BCUT2D eigenvalue weighted by molar-refractivity contribution is 5.39. The topological polar surface area (TPSA) is 30.9 Å². The van der Waals surface area contributed by atoms with Crippen molar-refractivity contribution in [3.8, 4) is 11.5 Å². The van der Waals surface area contributed by atoms with E-state index in [9.17, 15) is 0 Å². The minimum absolute atomic E-state index is 0.290. The molecule has 4 nitrogen and oxygen atoms in total. The predicted molar refractivity (Wildman–Crippen MR) is 72.8 cm³/mol. The third-order valence-electron chi connectivity index (χ3n) is 3.83. The van der Waals surface area contributed by atoms with Crippen molar-refractivity contribution in [2.24, 2.45) is 5.92 Å². The molecule has 0 amide bonds. The number of methoxy groups -OCH3 is 1. The molecular formula is C15H21NO3. The molecule has 1 atom stereocenters. The van der Waals surface area contributed by atoms with Gasteiger partial charge in [-0.3, -0.25) is 4.90 Å². The minimum atomic E-state index is 0.290. The van der Waals surface area contributed by atoms with E-state index in [1.165, 1.54) is 6.42 Å². The quantitative estimate of drug-likeness (QED) is 0.810. The van der Waals surface area contributed by atoms with Crippen LogP contribution in [0.5, 0.6) is 11.5 Å². The van der Waals surface area contributed by atoms with E-state index in [1.807, 2.05) is 24.3 Å². The van der Waals surface area contributed by atoms with Gasteiger partial charge in [-0.25, -0.2) is 0 Å². The van der Waals surface area contributed by atoms with Gasteiger partial charge in [0.1, 0.15) is 6.10 Å². The molecule has 0 spiro atoms. The minimum Gasteiger partial charge on any atom is -0.493 e. The van der Waals surface area contributed by atoms with Crippen molar-refractivity contribution in [1.82, 2.24) is 4.90 Å². The van der Waals surface area contributed by atoms with Crippen LogP contribution in [-0.2, 0) is 4.74 Å². The Morgan fingerprint density at radius 1 is 1.26 bits per heavy atom. The zero-order valence-electron chi connectivity index (χ0n) is 11.4. The Kier molecular flexibility index (Phi) is 3.89. The fourth-order valence-electron chi connectivity index (χ4n) is 2.73. The predicted octanol–water partition coefficient (Wildman–Crippen LogP) is 1.79. The summed E-state index contributed by atoms with van der Waals surface area (Å²) in [5.41, 5.74) is 0. The first-order valence-corrected chi connectivity index (χ1v) is 6.95. The second-order valence-corrected chi connectivity index (χ2v) is 5.34. The third-order valence-corrected chi connectivity index (χ3v) is 3.83. The van der Waals surface area contributed by atoms with Gasteiger partial charge in [0.15, 0.2) is 11.5 Å². The van der Waals surface area contributed by atoms with Crippen LogP contribution in [0.1, 0.15) is 6.42 Å². The maximum absolute atomic E-state index is 5.97. The lowest BCUT2D eigenvalue weighted by Gasteiger charge is -2.40. The van der Waals surface area contributed by atoms with Crippen molar-refractivity contribution < 1.29 is 14.2 Å². The summed E-state index contributed by atoms with van der Waals surface area (Å²) in [4.78, 5) is 2.44. The fraction of sp³-hybridized carbons (Fsp3) is 0.600. The van der Waals surface area contributed by atoms with E-state index >= 15 is 0 Å². The van der Waals surface area contributed by atoms with Gasteiger partial charge in [0.05, 0.1) is 13.7 Å². The average molecular weight is 263 g/mol. The Morgan fingerprint density at radius 2 is 2.05 bits per heavy atom. The Morgan fingerprint density at radius 3 is 2.74 bits per heavy atom. The van der Waals surface area contributed by atoms with E-state index in [0.717, 1.165) is 44.3 Å². The lowest BCUT2D eigenvalue weighted by molar-refractivity contribution is 0.00784. The van der Waals surface area contributed by atoms with Crippen LogP contribution in [-0.4, -0.2) is 51.0 Å². The summed E-state index contributed by atoms with van der Waals surface area (Å²) < 4.78 is 16.7. The van der Waals surface area contributed by atoms with E-state index < -0.39 is 0 Å². The van der Waals surface area contributed by atoms with Crippen LogP contribution >= 0.6 is 0 Å². The first-order valence-electron chi connectivity index (χ1n) is 6.95. The monoisotopic (exact) mass is 263 g/mol. The zero-order chi connectivity index (χ0) is 13.1. The van der Waals surface area contributed by atoms with Gasteiger partial charge in [-0.1, -0.05) is 12.1 Å². The third kappa shape index (κ3) is 3.01. The average Bonchev–Trinajstić information content (AvgIpc) is 2.89. The number of hydrogen-bond donors (Lipinski definition) is 0. The van der Waals surface area contributed by atoms with E-state index in [4.69, 9.17) is 14.2 Å². The van der Waals surface area contributed by atoms with Gasteiger partial charge in [0.25, 0.3) is 0 Å². The molecule has 4 heteroatoms. The summed E-state index contributed by atoms with van der Waals surface area (Å²) in [5.74, 6) is 2.37. The Labute approximate surface area is 114 Å². The number of rotatable bonds is 5. The van der Waals surface area contributed by atoms with Crippen LogP contribution in [0.3, 0.4) is 0 Å². The summed E-state index contributed by atoms with van der Waals surface area (Å²) in [5, 5.41) is 0. The van der Waals surface area contributed by atoms with Gasteiger partial charge in [0.2, 0.25) is 0 Å². The van der Waals surface area contributed by atoms with E-state index in [0.29, 0.717) is 12.0 Å². The van der Waals surface area contributed by atoms with Crippen molar-refractivity contribution in [3.63, 3.8) is 0 Å². The first kappa shape index (κ1) is 12.8. The standard InChI is InChI=1S/C15H21NO3/c1-17-14-4-2-3-5-15(14)19-13-9-16(10-13)8-12-6-7-18-11-12/h2-5,12-13H,6-11H2,1H3. The Bertz CT molecular complexity index is 412. The molecular weight excluding hydrogens is 242 g/mol. The van der Waals surface area contributed by atoms with Gasteiger partial charge in [-0.2, -0.15) is 0 Å². The van der Waals surface area contributed by atoms with Crippen LogP contribution in [0.4, 0.5) is 0 Å². The SMILES string of the molecule is COc1ccccc1OC1CN(CC2CCOC2)C1. The highest BCUT2D eigenvalue weighted by Crippen LogP contribution is 2.29. The molecule has 3 rings (SSSR count). The second-order valence-electron chi connectivity index (χ2n) is 5.34. The van der Waals surface area contributed by atoms with Gasteiger partial charge >= 0.3 is 0 Å². The number of para-hydroxylation sites is 2. The molecule has 1 aromatic rings. The molecule has 1 aromatic carbocycles. The summed E-state index contributed by atoms with van der Waals surface area (Å²) >= 11 is 0.